The Labute approximate surface area is 121 Å². The van der Waals surface area contributed by atoms with Crippen LogP contribution in [0, 0.1) is 5.41 Å². The van der Waals surface area contributed by atoms with Crippen LogP contribution >= 0.6 is 0 Å². The van der Waals surface area contributed by atoms with E-state index in [0.29, 0.717) is 6.04 Å². The number of hydrogen-bond donors (Lipinski definition) is 2. The van der Waals surface area contributed by atoms with Gasteiger partial charge in [-0.05, 0) is 44.6 Å². The van der Waals surface area contributed by atoms with Gasteiger partial charge in [-0.1, -0.05) is 13.8 Å². The van der Waals surface area contributed by atoms with Crippen LogP contribution in [0.2, 0.25) is 0 Å². The molecule has 110 valence electrons. The second kappa shape index (κ2) is 6.20. The number of piperidine rings is 1. The van der Waals surface area contributed by atoms with Gasteiger partial charge in [0.1, 0.15) is 5.84 Å². The molecule has 3 N–H and O–H groups in total. The number of anilines is 1. The zero-order valence-corrected chi connectivity index (χ0v) is 12.7. The molecule has 1 aromatic rings. The first-order chi connectivity index (χ1) is 9.60. The maximum Gasteiger partial charge on any atom is 0.162 e. The van der Waals surface area contributed by atoms with Crippen LogP contribution in [0.1, 0.15) is 56.9 Å². The quantitative estimate of drug-likeness (QED) is 0.652. The van der Waals surface area contributed by atoms with Crippen molar-refractivity contribution in [3.8, 4) is 0 Å². The molecule has 5 heteroatoms. The predicted molar refractivity (Wildman–Crippen MR) is 82.5 cm³/mol. The van der Waals surface area contributed by atoms with E-state index in [4.69, 9.17) is 11.1 Å². The van der Waals surface area contributed by atoms with Crippen LogP contribution in [0.4, 0.5) is 5.82 Å². The van der Waals surface area contributed by atoms with E-state index in [1.807, 2.05) is 0 Å². The van der Waals surface area contributed by atoms with E-state index >= 15 is 0 Å². The number of rotatable bonds is 4. The van der Waals surface area contributed by atoms with Gasteiger partial charge in [0.2, 0.25) is 0 Å². The van der Waals surface area contributed by atoms with E-state index in [1.165, 1.54) is 12.8 Å². The molecule has 1 aliphatic heterocycles. The summed E-state index contributed by atoms with van der Waals surface area (Å²) < 4.78 is 0. The highest BCUT2D eigenvalue weighted by molar-refractivity contribution is 6.01. The van der Waals surface area contributed by atoms with E-state index in [2.05, 4.69) is 35.9 Å². The molecule has 0 bridgehead atoms. The van der Waals surface area contributed by atoms with Crippen LogP contribution in [0.25, 0.3) is 0 Å². The van der Waals surface area contributed by atoms with Crippen molar-refractivity contribution in [2.45, 2.75) is 58.9 Å². The Morgan fingerprint density at radius 3 is 2.60 bits per heavy atom. The molecule has 1 aromatic heterocycles. The second-order valence-corrected chi connectivity index (χ2v) is 5.48. The number of nitrogens with one attached hydrogen (secondary N) is 1. The summed E-state index contributed by atoms with van der Waals surface area (Å²) in [5, 5.41) is 16.7. The van der Waals surface area contributed by atoms with Crippen LogP contribution < -0.4 is 10.6 Å². The van der Waals surface area contributed by atoms with Crippen LogP contribution in [0.15, 0.2) is 0 Å². The molecule has 0 amide bonds. The minimum absolute atomic E-state index is 0.110. The lowest BCUT2D eigenvalue weighted by Gasteiger charge is -2.35. The Bertz CT molecular complexity index is 497. The van der Waals surface area contributed by atoms with Crippen molar-refractivity contribution < 1.29 is 0 Å². The molecular formula is C15H25N5. The van der Waals surface area contributed by atoms with E-state index < -0.39 is 0 Å². The summed E-state index contributed by atoms with van der Waals surface area (Å²) in [6, 6.07) is 0.438. The number of aromatic nitrogens is 2. The summed E-state index contributed by atoms with van der Waals surface area (Å²) in [5.41, 5.74) is 8.70. The Morgan fingerprint density at radius 2 is 2.05 bits per heavy atom. The van der Waals surface area contributed by atoms with Crippen molar-refractivity contribution in [3.05, 3.63) is 16.8 Å². The molecule has 0 saturated carbocycles. The minimum atomic E-state index is 0.110. The number of nitrogens with two attached hydrogens (primary N) is 1. The normalized spacial score (nSPS) is 19.1. The summed E-state index contributed by atoms with van der Waals surface area (Å²) in [4.78, 5) is 2.27. The van der Waals surface area contributed by atoms with Gasteiger partial charge in [0.25, 0.3) is 0 Å². The molecule has 0 spiro atoms. The van der Waals surface area contributed by atoms with Gasteiger partial charge in [-0.3, -0.25) is 5.41 Å². The van der Waals surface area contributed by atoms with Gasteiger partial charge in [0.05, 0.1) is 11.3 Å². The minimum Gasteiger partial charge on any atom is -0.384 e. The third-order valence-electron chi connectivity index (χ3n) is 4.17. The Kier molecular flexibility index (Phi) is 4.57. The zero-order chi connectivity index (χ0) is 14.7. The standard InChI is InChI=1S/C15H25N5/c1-4-11-12(5-2)18-19-15(13(11)14(16)17)20-9-7-6-8-10(20)3/h10H,4-9H2,1-3H3,(H3,16,17). The Morgan fingerprint density at radius 1 is 1.30 bits per heavy atom. The molecule has 2 rings (SSSR count). The third-order valence-corrected chi connectivity index (χ3v) is 4.17. The fourth-order valence-corrected chi connectivity index (χ4v) is 3.06. The molecule has 1 atom stereocenters. The van der Waals surface area contributed by atoms with Gasteiger partial charge in [0, 0.05) is 12.6 Å². The average Bonchev–Trinajstić information content (AvgIpc) is 2.46. The first kappa shape index (κ1) is 14.8. The smallest absolute Gasteiger partial charge is 0.162 e. The topological polar surface area (TPSA) is 78.9 Å². The second-order valence-electron chi connectivity index (χ2n) is 5.48. The lowest BCUT2D eigenvalue weighted by molar-refractivity contribution is 0.479. The molecule has 0 radical (unpaired) electrons. The molecular weight excluding hydrogens is 250 g/mol. The van der Waals surface area contributed by atoms with Gasteiger partial charge >= 0.3 is 0 Å². The zero-order valence-electron chi connectivity index (χ0n) is 12.7. The highest BCUT2D eigenvalue weighted by atomic mass is 15.3. The van der Waals surface area contributed by atoms with Gasteiger partial charge in [-0.25, -0.2) is 0 Å². The largest absolute Gasteiger partial charge is 0.384 e. The number of hydrogen-bond acceptors (Lipinski definition) is 4. The molecule has 20 heavy (non-hydrogen) atoms. The fourth-order valence-electron chi connectivity index (χ4n) is 3.06. The van der Waals surface area contributed by atoms with Crippen LogP contribution in [0.5, 0.6) is 0 Å². The van der Waals surface area contributed by atoms with Crippen molar-refractivity contribution >= 4 is 11.7 Å². The highest BCUT2D eigenvalue weighted by Gasteiger charge is 2.26. The molecule has 1 aliphatic rings. The molecule has 5 nitrogen and oxygen atoms in total. The van der Waals surface area contributed by atoms with Crippen LogP contribution in [0.3, 0.4) is 0 Å². The maximum atomic E-state index is 7.96. The first-order valence-corrected chi connectivity index (χ1v) is 7.59. The summed E-state index contributed by atoms with van der Waals surface area (Å²) in [5.74, 6) is 0.915. The van der Waals surface area contributed by atoms with E-state index in [1.54, 1.807) is 0 Å². The SMILES string of the molecule is CCc1nnc(N2CCCCC2C)c(C(=N)N)c1CC. The van der Waals surface area contributed by atoms with Gasteiger partial charge in [-0.15, -0.1) is 5.10 Å². The molecule has 2 heterocycles. The molecule has 0 aromatic carbocycles. The molecule has 0 aliphatic carbocycles. The predicted octanol–water partition coefficient (Wildman–Crippen LogP) is 2.26. The highest BCUT2D eigenvalue weighted by Crippen LogP contribution is 2.28. The van der Waals surface area contributed by atoms with Crippen molar-refractivity contribution in [1.29, 1.82) is 5.41 Å². The summed E-state index contributed by atoms with van der Waals surface area (Å²) in [6.45, 7) is 7.34. The number of aryl methyl sites for hydroxylation is 1. The molecule has 1 saturated heterocycles. The summed E-state index contributed by atoms with van der Waals surface area (Å²) in [6.07, 6.45) is 5.25. The van der Waals surface area contributed by atoms with E-state index in [9.17, 15) is 0 Å². The van der Waals surface area contributed by atoms with Gasteiger partial charge in [0.15, 0.2) is 5.82 Å². The lowest BCUT2D eigenvalue weighted by atomic mass is 9.99. The lowest BCUT2D eigenvalue weighted by Crippen LogP contribution is -2.40. The number of amidine groups is 1. The van der Waals surface area contributed by atoms with Crippen molar-refractivity contribution in [1.82, 2.24) is 10.2 Å². The summed E-state index contributed by atoms with van der Waals surface area (Å²) in [7, 11) is 0. The monoisotopic (exact) mass is 275 g/mol. The third kappa shape index (κ3) is 2.62. The number of nitrogen functional groups attached to an aromatic ring is 1. The van der Waals surface area contributed by atoms with Crippen LogP contribution in [-0.2, 0) is 12.8 Å². The van der Waals surface area contributed by atoms with E-state index in [0.717, 1.165) is 48.4 Å². The molecule has 1 unspecified atom stereocenters. The summed E-state index contributed by atoms with van der Waals surface area (Å²) >= 11 is 0. The van der Waals surface area contributed by atoms with Crippen molar-refractivity contribution in [3.63, 3.8) is 0 Å². The Hall–Kier alpha value is -1.65. The van der Waals surface area contributed by atoms with Crippen LogP contribution in [-0.4, -0.2) is 28.6 Å². The average molecular weight is 275 g/mol. The Balaban J connectivity index is 2.54. The van der Waals surface area contributed by atoms with E-state index in [-0.39, 0.29) is 5.84 Å². The van der Waals surface area contributed by atoms with Gasteiger partial charge in [-0.2, -0.15) is 5.10 Å². The fraction of sp³-hybridized carbons (Fsp3) is 0.667. The first-order valence-electron chi connectivity index (χ1n) is 7.59. The number of nitrogens with zero attached hydrogens (tertiary/aromatic N) is 3. The molecule has 1 fully saturated rings. The van der Waals surface area contributed by atoms with Crippen molar-refractivity contribution in [2.75, 3.05) is 11.4 Å². The maximum absolute atomic E-state index is 7.96. The van der Waals surface area contributed by atoms with Gasteiger partial charge < -0.3 is 10.6 Å². The van der Waals surface area contributed by atoms with Crippen molar-refractivity contribution in [2.24, 2.45) is 5.73 Å².